The average molecular weight is 678 g/mol. The van der Waals surface area contributed by atoms with Crippen LogP contribution in [0, 0.1) is 13.8 Å². The number of nitrogens with zero attached hydrogens (tertiary/aromatic N) is 4. The Balaban J connectivity index is 0.000000146. The highest BCUT2D eigenvalue weighted by Gasteiger charge is 2.14. The lowest BCUT2D eigenvalue weighted by molar-refractivity contribution is -0.377. The number of phenolic OH excluding ortho intramolecular Hbond substituents is 1. The molecule has 9 rings (SSSR count). The molecule has 0 bridgehead atoms. The fourth-order valence-electron chi connectivity index (χ4n) is 6.16. The summed E-state index contributed by atoms with van der Waals surface area (Å²) in [5, 5.41) is 14.6. The molecule has 0 spiro atoms. The highest BCUT2D eigenvalue weighted by molar-refractivity contribution is 6.10. The number of hydrogen-bond donors (Lipinski definition) is 1. The van der Waals surface area contributed by atoms with E-state index in [2.05, 4.69) is 98.6 Å². The molecule has 0 aliphatic rings. The van der Waals surface area contributed by atoms with Crippen molar-refractivity contribution >= 4 is 43.6 Å². The van der Waals surface area contributed by atoms with Crippen LogP contribution in [0.15, 0.2) is 152 Å². The summed E-state index contributed by atoms with van der Waals surface area (Å²) >= 11 is 0. The summed E-state index contributed by atoms with van der Waals surface area (Å²) in [6.45, 7) is 4.14. The number of H-pyrrole nitrogens is 1. The first-order valence-corrected chi connectivity index (χ1v) is 16.1. The first kappa shape index (κ1) is 33.7. The molecule has 0 unspecified atom stereocenters. The number of benzene rings is 4. The second-order valence-electron chi connectivity index (χ2n) is 11.7. The second-order valence-corrected chi connectivity index (χ2v) is 11.7. The number of aromatic amines is 1. The number of hydrogen-bond acceptors (Lipinski definition) is 4. The maximum Gasteiger partial charge on any atom is 0.166 e. The lowest BCUT2D eigenvalue weighted by Gasteiger charge is -2.08. The number of nitrogens with one attached hydrogen (secondary N) is 1. The van der Waals surface area contributed by atoms with Crippen LogP contribution < -0.4 is 22.1 Å². The monoisotopic (exact) mass is 677 g/mol. The minimum absolute atomic E-state index is 0. The smallest absolute Gasteiger partial charge is 0.166 e. The Morgan fingerprint density at radius 2 is 1.04 bits per heavy atom. The molecule has 4 aromatic carbocycles. The predicted octanol–water partition coefficient (Wildman–Crippen LogP) is 6.19. The molecule has 0 aliphatic carbocycles. The molecule has 0 radical (unpaired) electrons. The van der Waals surface area contributed by atoms with Crippen LogP contribution in [0.1, 0.15) is 11.1 Å². The molecule has 0 aliphatic heterocycles. The molecule has 50 heavy (non-hydrogen) atoms. The normalized spacial score (nSPS) is 10.6. The van der Waals surface area contributed by atoms with Crippen molar-refractivity contribution in [3.8, 4) is 23.1 Å². The van der Waals surface area contributed by atoms with Gasteiger partial charge in [0.15, 0.2) is 12.4 Å². The molecule has 0 atom stereocenters. The maximum absolute atomic E-state index is 9.85. The van der Waals surface area contributed by atoms with Gasteiger partial charge in [0.25, 0.3) is 0 Å². The number of aryl methyl sites for hydroxylation is 2. The summed E-state index contributed by atoms with van der Waals surface area (Å²) in [5.74, 6) is 2.91. The van der Waals surface area contributed by atoms with Crippen LogP contribution in [-0.4, -0.2) is 31.3 Å². The molecule has 5 aromatic heterocycles. The Hall–Kier alpha value is -6.18. The van der Waals surface area contributed by atoms with Crippen molar-refractivity contribution in [3.05, 3.63) is 163 Å². The van der Waals surface area contributed by atoms with Crippen LogP contribution in [-0.2, 0) is 0 Å². The van der Waals surface area contributed by atoms with Gasteiger partial charge in [-0.1, -0.05) is 42.5 Å². The average Bonchev–Trinajstić information content (AvgIpc) is 3.65. The quantitative estimate of drug-likeness (QED) is 0.242. The van der Waals surface area contributed by atoms with Crippen molar-refractivity contribution in [3.63, 3.8) is 0 Å². The van der Waals surface area contributed by atoms with Crippen LogP contribution in [0.25, 0.3) is 55.2 Å². The summed E-state index contributed by atoms with van der Waals surface area (Å²) in [4.78, 5) is 11.9. The maximum atomic E-state index is 9.85. The van der Waals surface area contributed by atoms with E-state index in [9.17, 15) is 5.11 Å². The number of para-hydroxylation sites is 2. The topological polar surface area (TPSA) is 79.2 Å². The van der Waals surface area contributed by atoms with E-state index in [0.29, 0.717) is 0 Å². The van der Waals surface area contributed by atoms with Gasteiger partial charge in [0.05, 0.1) is 29.2 Å². The second kappa shape index (κ2) is 14.9. The number of rotatable bonds is 3. The highest BCUT2D eigenvalue weighted by atomic mass is 35.5. The number of methoxy groups -OCH3 is 1. The van der Waals surface area contributed by atoms with E-state index in [1.54, 1.807) is 19.2 Å². The van der Waals surface area contributed by atoms with Gasteiger partial charge in [-0.2, -0.15) is 0 Å². The van der Waals surface area contributed by atoms with E-state index in [1.165, 1.54) is 16.3 Å². The van der Waals surface area contributed by atoms with Crippen molar-refractivity contribution in [1.29, 1.82) is 0 Å². The largest absolute Gasteiger partial charge is 1.00 e. The Morgan fingerprint density at radius 1 is 0.540 bits per heavy atom. The van der Waals surface area contributed by atoms with E-state index in [-0.39, 0.29) is 18.2 Å². The third kappa shape index (κ3) is 6.72. The van der Waals surface area contributed by atoms with Gasteiger partial charge in [-0.3, -0.25) is 9.13 Å². The van der Waals surface area contributed by atoms with Crippen LogP contribution in [0.5, 0.6) is 11.5 Å². The molecular formula is C42H36ClN5O2. The number of aromatic nitrogens is 5. The van der Waals surface area contributed by atoms with Crippen LogP contribution >= 0.6 is 0 Å². The highest BCUT2D eigenvalue weighted by Crippen LogP contribution is 2.34. The van der Waals surface area contributed by atoms with Crippen molar-refractivity contribution in [2.24, 2.45) is 0 Å². The zero-order valence-electron chi connectivity index (χ0n) is 28.0. The number of fused-ring (bicyclic) bond motifs is 6. The summed E-state index contributed by atoms with van der Waals surface area (Å²) < 4.78 is 9.69. The van der Waals surface area contributed by atoms with Crippen LogP contribution in [0.2, 0.25) is 0 Å². The number of pyridine rings is 3. The summed E-state index contributed by atoms with van der Waals surface area (Å²) in [5.41, 5.74) is 6.68. The SMILES string of the molecule is COc1ccc2c3ccccc3n(-c3cc(C)ccn3)c2c1.Cc1ccnc(-n2c3ccccc3c3ccc(O)cc32)c1.[Cl-].c1cc[nH+]cc1. The standard InChI is InChI=1S/C19H16N2O.C18H14N2O.C5H5N.ClH/c1-13-9-10-20-19(11-13)21-17-6-4-3-5-15(17)16-8-7-14(22-2)12-18(16)21;1-12-8-9-19-18(10-12)20-16-5-3-2-4-14(16)15-7-6-13(21)11-17(15)20;1-2-4-6-5-3-1;/h3-12H,1-2H3;2-11,21H,1H3;1-5H;1H. The molecule has 0 amide bonds. The third-order valence-corrected chi connectivity index (χ3v) is 8.41. The van der Waals surface area contributed by atoms with Gasteiger partial charge in [-0.25, -0.2) is 15.0 Å². The lowest BCUT2D eigenvalue weighted by Crippen LogP contribution is -3.00. The number of ether oxygens (including phenoxy) is 1. The molecule has 5 heterocycles. The molecule has 2 N–H and O–H groups in total. The van der Waals surface area contributed by atoms with Gasteiger partial charge in [0.1, 0.15) is 23.1 Å². The fraction of sp³-hybridized carbons (Fsp3) is 0.0714. The van der Waals surface area contributed by atoms with Gasteiger partial charge in [0, 0.05) is 58.2 Å². The lowest BCUT2D eigenvalue weighted by atomic mass is 10.1. The summed E-state index contributed by atoms with van der Waals surface area (Å²) in [6.07, 6.45) is 7.42. The molecule has 0 saturated carbocycles. The Morgan fingerprint density at radius 3 is 1.52 bits per heavy atom. The molecule has 7 nitrogen and oxygen atoms in total. The minimum Gasteiger partial charge on any atom is -1.00 e. The van der Waals surface area contributed by atoms with E-state index >= 15 is 0 Å². The summed E-state index contributed by atoms with van der Waals surface area (Å²) in [6, 6.07) is 42.3. The first-order chi connectivity index (χ1) is 24.0. The Labute approximate surface area is 296 Å². The predicted molar refractivity (Wildman–Crippen MR) is 198 cm³/mol. The van der Waals surface area contributed by atoms with Crippen molar-refractivity contribution in [2.45, 2.75) is 13.8 Å². The third-order valence-electron chi connectivity index (χ3n) is 8.41. The van der Waals surface area contributed by atoms with Crippen LogP contribution in [0.4, 0.5) is 0 Å². The van der Waals surface area contributed by atoms with Gasteiger partial charge in [-0.15, -0.1) is 0 Å². The molecule has 0 fully saturated rings. The zero-order valence-corrected chi connectivity index (χ0v) is 28.7. The molecule has 9 aromatic rings. The van der Waals surface area contributed by atoms with Crippen molar-refractivity contribution in [1.82, 2.24) is 19.1 Å². The van der Waals surface area contributed by atoms with E-state index in [1.807, 2.05) is 79.4 Å². The molecular weight excluding hydrogens is 642 g/mol. The van der Waals surface area contributed by atoms with Crippen molar-refractivity contribution in [2.75, 3.05) is 7.11 Å². The van der Waals surface area contributed by atoms with Gasteiger partial charge in [0.2, 0.25) is 0 Å². The zero-order chi connectivity index (χ0) is 33.7. The number of halogens is 1. The van der Waals surface area contributed by atoms with Crippen molar-refractivity contribution < 1.29 is 27.2 Å². The van der Waals surface area contributed by atoms with E-state index in [0.717, 1.165) is 55.8 Å². The fourth-order valence-corrected chi connectivity index (χ4v) is 6.16. The first-order valence-electron chi connectivity index (χ1n) is 16.1. The van der Waals surface area contributed by atoms with E-state index < -0.39 is 0 Å². The Kier molecular flexibility index (Phi) is 10.1. The van der Waals surface area contributed by atoms with Gasteiger partial charge >= 0.3 is 0 Å². The number of phenols is 1. The Bertz CT molecular complexity index is 2520. The number of aromatic hydroxyl groups is 1. The van der Waals surface area contributed by atoms with E-state index in [4.69, 9.17) is 4.74 Å². The van der Waals surface area contributed by atoms with Crippen LogP contribution in [0.3, 0.4) is 0 Å². The summed E-state index contributed by atoms with van der Waals surface area (Å²) in [7, 11) is 1.69. The molecule has 0 saturated heterocycles. The minimum atomic E-state index is 0. The van der Waals surface area contributed by atoms with Gasteiger partial charge < -0.3 is 22.3 Å². The molecule has 248 valence electrons. The molecule has 8 heteroatoms. The van der Waals surface area contributed by atoms with Gasteiger partial charge in [-0.05, 0) is 85.6 Å².